The number of amides is 1. The Kier molecular flexibility index (Phi) is 4.80. The molecule has 6 nitrogen and oxygen atoms in total. The molecule has 0 radical (unpaired) electrons. The Morgan fingerprint density at radius 2 is 1.61 bits per heavy atom. The lowest BCUT2D eigenvalue weighted by Crippen LogP contribution is -2.26. The lowest BCUT2D eigenvalue weighted by atomic mass is 10.1. The fourth-order valence-electron chi connectivity index (χ4n) is 3.64. The molecule has 6 heteroatoms. The molecule has 0 aliphatic rings. The van der Waals surface area contributed by atoms with Crippen LogP contribution in [-0.4, -0.2) is 37.0 Å². The van der Waals surface area contributed by atoms with E-state index >= 15 is 0 Å². The Labute approximate surface area is 180 Å². The Morgan fingerprint density at radius 1 is 0.903 bits per heavy atom. The van der Waals surface area contributed by atoms with Crippen LogP contribution in [0, 0.1) is 0 Å². The molecule has 3 aromatic heterocycles. The number of hydrogen-bond acceptors (Lipinski definition) is 3. The number of para-hydroxylation sites is 1. The van der Waals surface area contributed by atoms with Crippen LogP contribution in [0.15, 0.2) is 97.5 Å². The average Bonchev–Trinajstić information content (AvgIpc) is 3.44. The predicted octanol–water partition coefficient (Wildman–Crippen LogP) is 4.46. The lowest BCUT2D eigenvalue weighted by molar-refractivity contribution is 0.0784. The third-order valence-electron chi connectivity index (χ3n) is 5.17. The molecule has 0 aliphatic carbocycles. The van der Waals surface area contributed by atoms with Crippen LogP contribution < -0.4 is 0 Å². The second kappa shape index (κ2) is 7.91. The molecule has 152 valence electrons. The summed E-state index contributed by atoms with van der Waals surface area (Å²) < 4.78 is 3.71. The third kappa shape index (κ3) is 3.71. The number of pyridine rings is 1. The van der Waals surface area contributed by atoms with Crippen LogP contribution in [0.2, 0.25) is 0 Å². The maximum atomic E-state index is 13.4. The second-order valence-corrected chi connectivity index (χ2v) is 7.40. The average molecular weight is 407 g/mol. The molecule has 5 rings (SSSR count). The Morgan fingerprint density at radius 3 is 2.35 bits per heavy atom. The summed E-state index contributed by atoms with van der Waals surface area (Å²) in [6.07, 6.45) is 5.70. The molecule has 3 heterocycles. The van der Waals surface area contributed by atoms with E-state index in [1.54, 1.807) is 22.8 Å². The molecule has 0 aliphatic heterocycles. The number of fused-ring (bicyclic) bond motifs is 1. The van der Waals surface area contributed by atoms with Gasteiger partial charge in [0, 0.05) is 31.2 Å². The maximum absolute atomic E-state index is 13.4. The van der Waals surface area contributed by atoms with E-state index < -0.39 is 0 Å². The Bertz CT molecular complexity index is 1310. The summed E-state index contributed by atoms with van der Waals surface area (Å²) in [5, 5.41) is 4.75. The first-order valence-corrected chi connectivity index (χ1v) is 10.1. The van der Waals surface area contributed by atoms with Crippen molar-refractivity contribution in [2.75, 3.05) is 7.05 Å². The van der Waals surface area contributed by atoms with E-state index in [-0.39, 0.29) is 5.91 Å². The van der Waals surface area contributed by atoms with E-state index in [1.165, 1.54) is 0 Å². The number of hydrogen-bond donors (Lipinski definition) is 0. The first-order chi connectivity index (χ1) is 15.2. The van der Waals surface area contributed by atoms with Crippen molar-refractivity contribution in [1.82, 2.24) is 24.1 Å². The molecule has 5 aromatic rings. The van der Waals surface area contributed by atoms with Gasteiger partial charge in [0.25, 0.3) is 5.91 Å². The number of imidazole rings is 1. The lowest BCUT2D eigenvalue weighted by Gasteiger charge is -2.15. The van der Waals surface area contributed by atoms with Crippen LogP contribution in [0.5, 0.6) is 0 Å². The molecule has 0 spiro atoms. The van der Waals surface area contributed by atoms with Gasteiger partial charge >= 0.3 is 0 Å². The van der Waals surface area contributed by atoms with E-state index in [1.807, 2.05) is 95.7 Å². The molecule has 0 saturated carbocycles. The molecule has 0 saturated heterocycles. The number of carbonyl (C=O) groups is 1. The minimum Gasteiger partial charge on any atom is -0.336 e. The SMILES string of the molecule is CN(Cc1cn2ccccc2n1)C(=O)c1cn(-c2ccccc2)nc1-c1ccccc1. The van der Waals surface area contributed by atoms with Crippen molar-refractivity contribution in [3.05, 3.63) is 109 Å². The summed E-state index contributed by atoms with van der Waals surface area (Å²) in [7, 11) is 1.79. The number of nitrogens with zero attached hydrogens (tertiary/aromatic N) is 5. The highest BCUT2D eigenvalue weighted by Gasteiger charge is 2.22. The summed E-state index contributed by atoms with van der Waals surface area (Å²) in [4.78, 5) is 19.7. The fourth-order valence-corrected chi connectivity index (χ4v) is 3.64. The van der Waals surface area contributed by atoms with Crippen molar-refractivity contribution >= 4 is 11.6 Å². The van der Waals surface area contributed by atoms with Crippen LogP contribution in [-0.2, 0) is 6.54 Å². The van der Waals surface area contributed by atoms with Gasteiger partial charge in [0.15, 0.2) is 0 Å². The maximum Gasteiger partial charge on any atom is 0.257 e. The van der Waals surface area contributed by atoms with Gasteiger partial charge in [-0.2, -0.15) is 5.10 Å². The molecule has 0 bridgehead atoms. The number of aromatic nitrogens is 4. The van der Waals surface area contributed by atoms with Crippen molar-refractivity contribution < 1.29 is 4.79 Å². The molecule has 1 amide bonds. The van der Waals surface area contributed by atoms with Crippen molar-refractivity contribution in [1.29, 1.82) is 0 Å². The molecular formula is C25H21N5O. The van der Waals surface area contributed by atoms with Crippen molar-refractivity contribution in [2.45, 2.75) is 6.54 Å². The van der Waals surface area contributed by atoms with Gasteiger partial charge in [-0.25, -0.2) is 9.67 Å². The van der Waals surface area contributed by atoms with Gasteiger partial charge in [0.2, 0.25) is 0 Å². The zero-order chi connectivity index (χ0) is 21.2. The van der Waals surface area contributed by atoms with E-state index in [0.717, 1.165) is 22.6 Å². The van der Waals surface area contributed by atoms with Crippen molar-refractivity contribution in [2.24, 2.45) is 0 Å². The largest absolute Gasteiger partial charge is 0.336 e. The minimum atomic E-state index is -0.0990. The number of carbonyl (C=O) groups excluding carboxylic acids is 1. The third-order valence-corrected chi connectivity index (χ3v) is 5.17. The summed E-state index contributed by atoms with van der Waals surface area (Å²) in [6, 6.07) is 25.4. The summed E-state index contributed by atoms with van der Waals surface area (Å²) in [6.45, 7) is 0.408. The molecular weight excluding hydrogens is 386 g/mol. The smallest absolute Gasteiger partial charge is 0.257 e. The van der Waals surface area contributed by atoms with Gasteiger partial charge < -0.3 is 9.30 Å². The van der Waals surface area contributed by atoms with E-state index in [4.69, 9.17) is 5.10 Å². The summed E-state index contributed by atoms with van der Waals surface area (Å²) >= 11 is 0. The fraction of sp³-hybridized carbons (Fsp3) is 0.0800. The molecule has 0 N–H and O–H groups in total. The van der Waals surface area contributed by atoms with Gasteiger partial charge in [-0.1, -0.05) is 54.6 Å². The molecule has 31 heavy (non-hydrogen) atoms. The summed E-state index contributed by atoms with van der Waals surface area (Å²) in [5.41, 5.74) is 4.72. The number of rotatable bonds is 5. The van der Waals surface area contributed by atoms with E-state index in [9.17, 15) is 4.79 Å². The Balaban J connectivity index is 1.50. The van der Waals surface area contributed by atoms with Crippen LogP contribution in [0.1, 0.15) is 16.1 Å². The molecule has 0 fully saturated rings. The van der Waals surface area contributed by atoms with Gasteiger partial charge in [-0.15, -0.1) is 0 Å². The van der Waals surface area contributed by atoms with Crippen molar-refractivity contribution in [3.8, 4) is 16.9 Å². The van der Waals surface area contributed by atoms with Gasteiger partial charge in [0.05, 0.1) is 23.5 Å². The predicted molar refractivity (Wildman–Crippen MR) is 120 cm³/mol. The van der Waals surface area contributed by atoms with Gasteiger partial charge in [-0.05, 0) is 24.3 Å². The van der Waals surface area contributed by atoms with Gasteiger partial charge in [0.1, 0.15) is 11.3 Å². The first kappa shape index (κ1) is 18.8. The van der Waals surface area contributed by atoms with Crippen LogP contribution >= 0.6 is 0 Å². The second-order valence-electron chi connectivity index (χ2n) is 7.40. The van der Waals surface area contributed by atoms with Crippen LogP contribution in [0.25, 0.3) is 22.6 Å². The standard InChI is InChI=1S/C25H21N5O/c1-28(16-20-17-29-15-9-8-14-23(29)26-20)25(31)22-18-30(21-12-6-3-7-13-21)27-24(22)19-10-4-2-5-11-19/h2-15,17-18H,16H2,1H3. The zero-order valence-corrected chi connectivity index (χ0v) is 17.1. The molecule has 0 atom stereocenters. The summed E-state index contributed by atoms with van der Waals surface area (Å²) in [5.74, 6) is -0.0990. The minimum absolute atomic E-state index is 0.0990. The number of benzene rings is 2. The van der Waals surface area contributed by atoms with Crippen molar-refractivity contribution in [3.63, 3.8) is 0 Å². The first-order valence-electron chi connectivity index (χ1n) is 10.1. The monoisotopic (exact) mass is 407 g/mol. The van der Waals surface area contributed by atoms with E-state index in [2.05, 4.69) is 4.98 Å². The zero-order valence-electron chi connectivity index (χ0n) is 17.1. The topological polar surface area (TPSA) is 55.4 Å². The Hall–Kier alpha value is -4.19. The highest BCUT2D eigenvalue weighted by molar-refractivity contribution is 5.99. The van der Waals surface area contributed by atoms with E-state index in [0.29, 0.717) is 17.8 Å². The molecule has 0 unspecified atom stereocenters. The normalized spacial score (nSPS) is 11.0. The van der Waals surface area contributed by atoms with Crippen LogP contribution in [0.3, 0.4) is 0 Å². The van der Waals surface area contributed by atoms with Crippen LogP contribution in [0.4, 0.5) is 0 Å². The quantitative estimate of drug-likeness (QED) is 0.432. The van der Waals surface area contributed by atoms with Gasteiger partial charge in [-0.3, -0.25) is 4.79 Å². The highest BCUT2D eigenvalue weighted by Crippen LogP contribution is 2.25. The molecule has 2 aromatic carbocycles. The highest BCUT2D eigenvalue weighted by atomic mass is 16.2.